The zero-order chi connectivity index (χ0) is 19.4. The van der Waals surface area contributed by atoms with Crippen LogP contribution in [0.2, 0.25) is 0 Å². The van der Waals surface area contributed by atoms with E-state index >= 15 is 0 Å². The van der Waals surface area contributed by atoms with Crippen molar-refractivity contribution in [3.63, 3.8) is 0 Å². The van der Waals surface area contributed by atoms with Crippen molar-refractivity contribution >= 4 is 17.9 Å². The van der Waals surface area contributed by atoms with Gasteiger partial charge in [-0.15, -0.1) is 0 Å². The van der Waals surface area contributed by atoms with Crippen LogP contribution in [-0.2, 0) is 4.79 Å². The number of carbonyl (C=O) groups excluding carboxylic acids is 2. The largest absolute Gasteiger partial charge is 0.508 e. The van der Waals surface area contributed by atoms with Gasteiger partial charge < -0.3 is 15.3 Å². The summed E-state index contributed by atoms with van der Waals surface area (Å²) in [6.07, 6.45) is 5.33. The molecule has 0 aliphatic heterocycles. The first-order chi connectivity index (χ1) is 13.0. The molecular weight excluding hydrogens is 340 g/mol. The molecule has 2 aromatic rings. The molecule has 3 rings (SSSR count). The number of aromatic hydroxyl groups is 1. The Morgan fingerprint density at radius 3 is 2.44 bits per heavy atom. The smallest absolute Gasteiger partial charge is 0.251 e. The van der Waals surface area contributed by atoms with Gasteiger partial charge >= 0.3 is 0 Å². The first-order valence-corrected chi connectivity index (χ1v) is 9.09. The first kappa shape index (κ1) is 18.7. The zero-order valence-corrected chi connectivity index (χ0v) is 15.6. The number of benzene rings is 2. The minimum atomic E-state index is -0.253. The summed E-state index contributed by atoms with van der Waals surface area (Å²) in [4.78, 5) is 26.0. The molecule has 5 nitrogen and oxygen atoms in total. The van der Waals surface area contributed by atoms with E-state index in [2.05, 4.69) is 5.32 Å². The molecule has 0 saturated heterocycles. The van der Waals surface area contributed by atoms with Crippen molar-refractivity contribution in [1.82, 2.24) is 10.2 Å². The minimum Gasteiger partial charge on any atom is -0.508 e. The molecule has 0 aromatic heterocycles. The normalized spacial score (nSPS) is 14.7. The van der Waals surface area contributed by atoms with Crippen LogP contribution in [0.1, 0.15) is 47.3 Å². The number of carbonyl (C=O) groups is 2. The molecule has 1 unspecified atom stereocenters. The van der Waals surface area contributed by atoms with Gasteiger partial charge in [0, 0.05) is 30.3 Å². The molecule has 1 saturated carbocycles. The van der Waals surface area contributed by atoms with Crippen LogP contribution in [0.5, 0.6) is 5.75 Å². The lowest BCUT2D eigenvalue weighted by Crippen LogP contribution is -2.28. The number of phenolic OH excluding ortho intramolecular Hbond substituents is 1. The SMILES string of the molecule is CC(c1ccccc1O)N(C)C(=O)/C=C/c1ccc(C(=O)NC2CC2)cc1. The van der Waals surface area contributed by atoms with Crippen LogP contribution in [0.15, 0.2) is 54.6 Å². The van der Waals surface area contributed by atoms with Crippen molar-refractivity contribution in [3.8, 4) is 5.75 Å². The summed E-state index contributed by atoms with van der Waals surface area (Å²) in [6, 6.07) is 14.2. The van der Waals surface area contributed by atoms with Crippen molar-refractivity contribution in [3.05, 3.63) is 71.3 Å². The maximum absolute atomic E-state index is 12.4. The van der Waals surface area contributed by atoms with Crippen molar-refractivity contribution in [2.75, 3.05) is 7.05 Å². The van der Waals surface area contributed by atoms with E-state index in [1.165, 1.54) is 6.08 Å². The summed E-state index contributed by atoms with van der Waals surface area (Å²) in [6.45, 7) is 1.87. The maximum atomic E-state index is 12.4. The number of amides is 2. The van der Waals surface area contributed by atoms with E-state index in [0.717, 1.165) is 18.4 Å². The molecular formula is C22H24N2O3. The molecule has 1 atom stereocenters. The van der Waals surface area contributed by atoms with Crippen LogP contribution >= 0.6 is 0 Å². The number of phenols is 1. The van der Waals surface area contributed by atoms with Gasteiger partial charge in [0.1, 0.15) is 5.75 Å². The van der Waals surface area contributed by atoms with Gasteiger partial charge in [0.15, 0.2) is 0 Å². The summed E-state index contributed by atoms with van der Waals surface area (Å²) >= 11 is 0. The van der Waals surface area contributed by atoms with Gasteiger partial charge in [0.25, 0.3) is 5.91 Å². The van der Waals surface area contributed by atoms with Crippen molar-refractivity contribution in [2.45, 2.75) is 31.8 Å². The number of para-hydroxylation sites is 1. The van der Waals surface area contributed by atoms with Crippen LogP contribution in [0.25, 0.3) is 6.08 Å². The van der Waals surface area contributed by atoms with Crippen molar-refractivity contribution < 1.29 is 14.7 Å². The van der Waals surface area contributed by atoms with E-state index in [0.29, 0.717) is 17.2 Å². The van der Waals surface area contributed by atoms with Crippen LogP contribution in [0.3, 0.4) is 0 Å². The number of hydrogen-bond donors (Lipinski definition) is 2. The molecule has 0 heterocycles. The molecule has 0 spiro atoms. The van der Waals surface area contributed by atoms with E-state index < -0.39 is 0 Å². The van der Waals surface area contributed by atoms with Crippen LogP contribution < -0.4 is 5.32 Å². The highest BCUT2D eigenvalue weighted by Crippen LogP contribution is 2.27. The fraction of sp³-hybridized carbons (Fsp3) is 0.273. The van der Waals surface area contributed by atoms with Gasteiger partial charge in [-0.25, -0.2) is 0 Å². The quantitative estimate of drug-likeness (QED) is 0.771. The molecule has 2 amide bonds. The average Bonchev–Trinajstić information content (AvgIpc) is 3.49. The second-order valence-electron chi connectivity index (χ2n) is 6.89. The highest BCUT2D eigenvalue weighted by Gasteiger charge is 2.23. The zero-order valence-electron chi connectivity index (χ0n) is 15.6. The Labute approximate surface area is 159 Å². The molecule has 5 heteroatoms. The Morgan fingerprint density at radius 2 is 1.81 bits per heavy atom. The molecule has 1 fully saturated rings. The third-order valence-electron chi connectivity index (χ3n) is 4.82. The predicted octanol–water partition coefficient (Wildman–Crippen LogP) is 3.52. The monoisotopic (exact) mass is 364 g/mol. The number of likely N-dealkylation sites (N-methyl/N-ethyl adjacent to an activating group) is 1. The molecule has 27 heavy (non-hydrogen) atoms. The van der Waals surface area contributed by atoms with E-state index in [4.69, 9.17) is 0 Å². The number of nitrogens with zero attached hydrogens (tertiary/aromatic N) is 1. The molecule has 0 radical (unpaired) electrons. The third-order valence-corrected chi connectivity index (χ3v) is 4.82. The number of nitrogens with one attached hydrogen (secondary N) is 1. The fourth-order valence-electron chi connectivity index (χ4n) is 2.77. The molecule has 140 valence electrons. The van der Waals surface area contributed by atoms with Crippen LogP contribution in [-0.4, -0.2) is 34.9 Å². The van der Waals surface area contributed by atoms with E-state index in [1.54, 1.807) is 48.4 Å². The van der Waals surface area contributed by atoms with Crippen molar-refractivity contribution in [1.29, 1.82) is 0 Å². The average molecular weight is 364 g/mol. The maximum Gasteiger partial charge on any atom is 0.251 e. The lowest BCUT2D eigenvalue weighted by atomic mass is 10.1. The molecule has 2 N–H and O–H groups in total. The summed E-state index contributed by atoms with van der Waals surface area (Å²) in [5.74, 6) is -0.0460. The third kappa shape index (κ3) is 4.76. The molecule has 1 aliphatic rings. The van der Waals surface area contributed by atoms with Gasteiger partial charge in [-0.05, 0) is 49.6 Å². The Bertz CT molecular complexity index is 854. The fourth-order valence-corrected chi connectivity index (χ4v) is 2.77. The summed E-state index contributed by atoms with van der Waals surface area (Å²) in [7, 11) is 1.70. The second kappa shape index (κ2) is 8.08. The topological polar surface area (TPSA) is 69.6 Å². The van der Waals surface area contributed by atoms with Gasteiger partial charge in [0.2, 0.25) is 5.91 Å². The lowest BCUT2D eigenvalue weighted by molar-refractivity contribution is -0.126. The second-order valence-corrected chi connectivity index (χ2v) is 6.89. The predicted molar refractivity (Wildman–Crippen MR) is 105 cm³/mol. The Kier molecular flexibility index (Phi) is 5.60. The first-order valence-electron chi connectivity index (χ1n) is 9.09. The summed E-state index contributed by atoms with van der Waals surface area (Å²) in [5, 5.41) is 12.9. The van der Waals surface area contributed by atoms with Gasteiger partial charge in [0.05, 0.1) is 6.04 Å². The Balaban J connectivity index is 1.61. The number of rotatable bonds is 6. The van der Waals surface area contributed by atoms with Gasteiger partial charge in [-0.1, -0.05) is 30.3 Å². The molecule has 0 bridgehead atoms. The molecule has 2 aromatic carbocycles. The summed E-state index contributed by atoms with van der Waals surface area (Å²) in [5.41, 5.74) is 2.17. The lowest BCUT2D eigenvalue weighted by Gasteiger charge is -2.24. The van der Waals surface area contributed by atoms with E-state index in [9.17, 15) is 14.7 Å². The van der Waals surface area contributed by atoms with Crippen LogP contribution in [0, 0.1) is 0 Å². The number of hydrogen-bond acceptors (Lipinski definition) is 3. The minimum absolute atomic E-state index is 0.0552. The van der Waals surface area contributed by atoms with Crippen LogP contribution in [0.4, 0.5) is 0 Å². The highest BCUT2D eigenvalue weighted by molar-refractivity contribution is 5.95. The van der Waals surface area contributed by atoms with Gasteiger partial charge in [-0.3, -0.25) is 9.59 Å². The molecule has 1 aliphatic carbocycles. The van der Waals surface area contributed by atoms with E-state index in [1.807, 2.05) is 25.1 Å². The summed E-state index contributed by atoms with van der Waals surface area (Å²) < 4.78 is 0. The van der Waals surface area contributed by atoms with E-state index in [-0.39, 0.29) is 23.6 Å². The Hall–Kier alpha value is -3.08. The standard InChI is InChI=1S/C22H24N2O3/c1-15(19-5-3-4-6-20(19)25)24(2)21(26)14-9-16-7-10-17(11-8-16)22(27)23-18-12-13-18/h3-11,14-15,18,25H,12-13H2,1-2H3,(H,23,27)/b14-9+. The van der Waals surface area contributed by atoms with Gasteiger partial charge in [-0.2, -0.15) is 0 Å². The highest BCUT2D eigenvalue weighted by atomic mass is 16.3. The Morgan fingerprint density at radius 1 is 1.15 bits per heavy atom. The van der Waals surface area contributed by atoms with Crippen molar-refractivity contribution in [2.24, 2.45) is 0 Å².